The van der Waals surface area contributed by atoms with Crippen LogP contribution in [-0.2, 0) is 16.1 Å². The molecule has 24 heavy (non-hydrogen) atoms. The number of carbonyl (C=O) groups excluding carboxylic acids is 2. The maximum atomic E-state index is 12.4. The largest absolute Gasteiger partial charge is 0.374 e. The normalized spacial score (nSPS) is 24.0. The molecule has 0 unspecified atom stereocenters. The monoisotopic (exact) mass is 331 g/mol. The molecule has 0 aliphatic carbocycles. The fraction of sp³-hybridized carbons (Fsp3) is 0.556. The number of nitrogens with one attached hydrogen (secondary N) is 1. The number of carbonyl (C=O) groups is 2. The fourth-order valence-corrected chi connectivity index (χ4v) is 3.41. The van der Waals surface area contributed by atoms with Crippen LogP contribution in [0.1, 0.15) is 18.9 Å². The van der Waals surface area contributed by atoms with Gasteiger partial charge in [-0.2, -0.15) is 0 Å². The zero-order chi connectivity index (χ0) is 16.9. The molecule has 0 saturated carbocycles. The van der Waals surface area contributed by atoms with Crippen LogP contribution in [0.2, 0.25) is 0 Å². The summed E-state index contributed by atoms with van der Waals surface area (Å²) < 4.78 is 5.91. The number of hydrogen-bond acceptors (Lipinski definition) is 3. The van der Waals surface area contributed by atoms with Gasteiger partial charge in [-0.1, -0.05) is 30.3 Å². The highest BCUT2D eigenvalue weighted by Gasteiger charge is 2.35. The van der Waals surface area contributed by atoms with Crippen LogP contribution < -0.4 is 5.32 Å². The second kappa shape index (κ2) is 7.66. The molecule has 1 aromatic rings. The SMILES string of the molecule is CC(=O)N1CCO[C@@H]2CN(C(=O)NCc3ccccc3)CC[C@@H]2C1. The summed E-state index contributed by atoms with van der Waals surface area (Å²) in [6.45, 7) is 5.35. The lowest BCUT2D eigenvalue weighted by molar-refractivity contribution is -0.129. The molecule has 0 aromatic heterocycles. The van der Waals surface area contributed by atoms with Crippen LogP contribution in [0.4, 0.5) is 4.79 Å². The number of amides is 3. The molecule has 3 amide bonds. The standard InChI is InChI=1S/C18H25N3O3/c1-14(22)20-9-10-24-17-13-21(8-7-16(17)12-20)18(23)19-11-15-5-3-2-4-6-15/h2-6,16-17H,7-13H2,1H3,(H,19,23)/t16-,17-/m1/s1. The highest BCUT2D eigenvalue weighted by Crippen LogP contribution is 2.24. The van der Waals surface area contributed by atoms with Gasteiger partial charge in [-0.3, -0.25) is 4.79 Å². The van der Waals surface area contributed by atoms with Crippen LogP contribution >= 0.6 is 0 Å². The van der Waals surface area contributed by atoms with Crippen molar-refractivity contribution in [3.8, 4) is 0 Å². The molecule has 2 saturated heterocycles. The van der Waals surface area contributed by atoms with Crippen molar-refractivity contribution in [1.82, 2.24) is 15.1 Å². The van der Waals surface area contributed by atoms with Gasteiger partial charge in [0.15, 0.2) is 0 Å². The van der Waals surface area contributed by atoms with E-state index in [1.54, 1.807) is 6.92 Å². The van der Waals surface area contributed by atoms with Crippen molar-refractivity contribution in [2.24, 2.45) is 5.92 Å². The van der Waals surface area contributed by atoms with E-state index in [0.29, 0.717) is 38.7 Å². The Bertz CT molecular complexity index is 578. The van der Waals surface area contributed by atoms with Crippen molar-refractivity contribution < 1.29 is 14.3 Å². The summed E-state index contributed by atoms with van der Waals surface area (Å²) in [4.78, 5) is 27.7. The lowest BCUT2D eigenvalue weighted by Gasteiger charge is -2.37. The predicted octanol–water partition coefficient (Wildman–Crippen LogP) is 1.47. The summed E-state index contributed by atoms with van der Waals surface area (Å²) in [7, 11) is 0. The number of urea groups is 1. The van der Waals surface area contributed by atoms with Crippen molar-refractivity contribution in [3.63, 3.8) is 0 Å². The molecule has 0 spiro atoms. The van der Waals surface area contributed by atoms with Crippen LogP contribution in [0.3, 0.4) is 0 Å². The van der Waals surface area contributed by atoms with Gasteiger partial charge >= 0.3 is 6.03 Å². The molecular weight excluding hydrogens is 306 g/mol. The molecule has 0 radical (unpaired) electrons. The Hall–Kier alpha value is -2.08. The first-order valence-corrected chi connectivity index (χ1v) is 8.57. The van der Waals surface area contributed by atoms with E-state index in [4.69, 9.17) is 4.74 Å². The molecule has 130 valence electrons. The molecule has 0 bridgehead atoms. The number of hydrogen-bond donors (Lipinski definition) is 1. The number of fused-ring (bicyclic) bond motifs is 1. The maximum Gasteiger partial charge on any atom is 0.317 e. The second-order valence-electron chi connectivity index (χ2n) is 6.51. The van der Waals surface area contributed by atoms with Crippen LogP contribution in [0.15, 0.2) is 30.3 Å². The van der Waals surface area contributed by atoms with Gasteiger partial charge in [-0.05, 0) is 12.0 Å². The Labute approximate surface area is 142 Å². The van der Waals surface area contributed by atoms with Crippen LogP contribution in [0.25, 0.3) is 0 Å². The van der Waals surface area contributed by atoms with E-state index in [0.717, 1.165) is 18.5 Å². The minimum Gasteiger partial charge on any atom is -0.374 e. The number of piperidine rings is 1. The Morgan fingerprint density at radius 3 is 2.71 bits per heavy atom. The van der Waals surface area contributed by atoms with E-state index >= 15 is 0 Å². The van der Waals surface area contributed by atoms with Gasteiger partial charge in [-0.15, -0.1) is 0 Å². The fourth-order valence-electron chi connectivity index (χ4n) is 3.41. The highest BCUT2D eigenvalue weighted by molar-refractivity contribution is 5.74. The lowest BCUT2D eigenvalue weighted by Crippen LogP contribution is -2.52. The van der Waals surface area contributed by atoms with Crippen LogP contribution in [-0.4, -0.2) is 60.6 Å². The molecule has 2 aliphatic heterocycles. The van der Waals surface area contributed by atoms with Gasteiger partial charge < -0.3 is 19.9 Å². The van der Waals surface area contributed by atoms with Crippen molar-refractivity contribution >= 4 is 11.9 Å². The molecule has 1 aromatic carbocycles. The second-order valence-corrected chi connectivity index (χ2v) is 6.51. The molecular formula is C18H25N3O3. The van der Waals surface area contributed by atoms with E-state index < -0.39 is 0 Å². The smallest absolute Gasteiger partial charge is 0.317 e. The molecule has 6 heteroatoms. The Morgan fingerprint density at radius 2 is 1.96 bits per heavy atom. The third-order valence-corrected chi connectivity index (χ3v) is 4.86. The number of ether oxygens (including phenoxy) is 1. The molecule has 1 N–H and O–H groups in total. The average Bonchev–Trinajstić information content (AvgIpc) is 2.82. The maximum absolute atomic E-state index is 12.4. The van der Waals surface area contributed by atoms with Crippen LogP contribution in [0, 0.1) is 5.92 Å². The topological polar surface area (TPSA) is 61.9 Å². The van der Waals surface area contributed by atoms with E-state index in [-0.39, 0.29) is 18.0 Å². The molecule has 6 nitrogen and oxygen atoms in total. The summed E-state index contributed by atoms with van der Waals surface area (Å²) in [6.07, 6.45) is 0.887. The number of benzene rings is 1. The first-order valence-electron chi connectivity index (χ1n) is 8.57. The molecule has 3 rings (SSSR count). The van der Waals surface area contributed by atoms with Gasteiger partial charge in [0, 0.05) is 45.6 Å². The van der Waals surface area contributed by atoms with Crippen molar-refractivity contribution in [3.05, 3.63) is 35.9 Å². The van der Waals surface area contributed by atoms with Gasteiger partial charge in [0.05, 0.1) is 12.7 Å². The third kappa shape index (κ3) is 4.06. The van der Waals surface area contributed by atoms with Gasteiger partial charge in [-0.25, -0.2) is 4.79 Å². The van der Waals surface area contributed by atoms with E-state index in [1.165, 1.54) is 0 Å². The zero-order valence-corrected chi connectivity index (χ0v) is 14.1. The Morgan fingerprint density at radius 1 is 1.17 bits per heavy atom. The molecule has 2 aliphatic rings. The first kappa shape index (κ1) is 16.8. The average molecular weight is 331 g/mol. The summed E-state index contributed by atoms with van der Waals surface area (Å²) in [6, 6.07) is 9.84. The van der Waals surface area contributed by atoms with Crippen molar-refractivity contribution in [2.45, 2.75) is 26.0 Å². The lowest BCUT2D eigenvalue weighted by atomic mass is 9.93. The molecule has 2 atom stereocenters. The van der Waals surface area contributed by atoms with E-state index in [9.17, 15) is 9.59 Å². The summed E-state index contributed by atoms with van der Waals surface area (Å²) in [5, 5.41) is 2.97. The highest BCUT2D eigenvalue weighted by atomic mass is 16.5. The Kier molecular flexibility index (Phi) is 5.35. The quantitative estimate of drug-likeness (QED) is 0.892. The van der Waals surface area contributed by atoms with Crippen LogP contribution in [0.5, 0.6) is 0 Å². The van der Waals surface area contributed by atoms with Gasteiger partial charge in [0.2, 0.25) is 5.91 Å². The van der Waals surface area contributed by atoms with E-state index in [1.807, 2.05) is 40.1 Å². The minimum absolute atomic E-state index is 0.0191. The first-order chi connectivity index (χ1) is 11.6. The Balaban J connectivity index is 1.52. The predicted molar refractivity (Wildman–Crippen MR) is 90.4 cm³/mol. The number of likely N-dealkylation sites (tertiary alicyclic amines) is 1. The van der Waals surface area contributed by atoms with Gasteiger partial charge in [0.1, 0.15) is 0 Å². The van der Waals surface area contributed by atoms with E-state index in [2.05, 4.69) is 5.32 Å². The summed E-state index contributed by atoms with van der Waals surface area (Å²) in [5.74, 6) is 0.414. The third-order valence-electron chi connectivity index (χ3n) is 4.86. The summed E-state index contributed by atoms with van der Waals surface area (Å²) in [5.41, 5.74) is 1.09. The molecule has 2 heterocycles. The van der Waals surface area contributed by atoms with Crippen molar-refractivity contribution in [1.29, 1.82) is 0 Å². The number of rotatable bonds is 2. The summed E-state index contributed by atoms with van der Waals surface area (Å²) >= 11 is 0. The van der Waals surface area contributed by atoms with Gasteiger partial charge in [0.25, 0.3) is 0 Å². The minimum atomic E-state index is -0.0476. The zero-order valence-electron chi connectivity index (χ0n) is 14.1. The molecule has 2 fully saturated rings. The number of nitrogens with zero attached hydrogens (tertiary/aromatic N) is 2. The van der Waals surface area contributed by atoms with Crippen molar-refractivity contribution in [2.75, 3.05) is 32.8 Å².